The number of halogens is 1. The van der Waals surface area contributed by atoms with E-state index in [1.807, 2.05) is 6.92 Å². The zero-order chi connectivity index (χ0) is 15.0. The van der Waals surface area contributed by atoms with Crippen molar-refractivity contribution in [2.24, 2.45) is 5.73 Å². The molecule has 0 amide bonds. The summed E-state index contributed by atoms with van der Waals surface area (Å²) < 4.78 is 3.20. The van der Waals surface area contributed by atoms with Crippen molar-refractivity contribution in [1.29, 1.82) is 0 Å². The average Bonchev–Trinajstić information content (AvgIpc) is 2.74. The van der Waals surface area contributed by atoms with Crippen LogP contribution >= 0.6 is 15.9 Å². The van der Waals surface area contributed by atoms with Crippen LogP contribution in [0.5, 0.6) is 0 Å². The summed E-state index contributed by atoms with van der Waals surface area (Å²) in [6, 6.07) is 8.67. The maximum Gasteiger partial charge on any atom is 0.0738 e. The van der Waals surface area contributed by atoms with E-state index in [-0.39, 0.29) is 5.54 Å². The number of rotatable bonds is 3. The lowest BCUT2D eigenvalue weighted by molar-refractivity contribution is 0.358. The molecule has 4 heteroatoms. The van der Waals surface area contributed by atoms with Crippen LogP contribution in [0.3, 0.4) is 0 Å². The summed E-state index contributed by atoms with van der Waals surface area (Å²) in [6.45, 7) is 5.05. The van der Waals surface area contributed by atoms with Crippen LogP contribution < -0.4 is 5.73 Å². The first-order valence-electron chi connectivity index (χ1n) is 7.60. The van der Waals surface area contributed by atoms with Gasteiger partial charge in [-0.1, -0.05) is 24.3 Å². The largest absolute Gasteiger partial charge is 0.324 e. The zero-order valence-electron chi connectivity index (χ0n) is 12.7. The number of hydrogen-bond donors (Lipinski definition) is 1. The molecule has 0 aliphatic heterocycles. The van der Waals surface area contributed by atoms with Crippen molar-refractivity contribution in [1.82, 2.24) is 9.78 Å². The number of nitrogens with two attached hydrogens (primary N) is 1. The molecular weight excluding hydrogens is 326 g/mol. The van der Waals surface area contributed by atoms with Crippen LogP contribution in [0.4, 0.5) is 0 Å². The number of hydrogen-bond acceptors (Lipinski definition) is 2. The molecule has 2 aromatic rings. The molecule has 1 heterocycles. The molecule has 112 valence electrons. The molecule has 0 saturated heterocycles. The minimum Gasteiger partial charge on any atom is -0.324 e. The number of aryl methyl sites for hydroxylation is 3. The summed E-state index contributed by atoms with van der Waals surface area (Å²) in [5.74, 6) is 0. The Kier molecular flexibility index (Phi) is 3.93. The first-order chi connectivity index (χ1) is 10.0. The van der Waals surface area contributed by atoms with Gasteiger partial charge in [-0.3, -0.25) is 4.68 Å². The normalized spacial score (nSPS) is 21.3. The average molecular weight is 348 g/mol. The minimum absolute atomic E-state index is 0.170. The Labute approximate surface area is 134 Å². The van der Waals surface area contributed by atoms with Crippen LogP contribution in [0.2, 0.25) is 0 Å². The molecule has 0 radical (unpaired) electrons. The molecule has 1 aliphatic carbocycles. The van der Waals surface area contributed by atoms with Crippen molar-refractivity contribution in [2.45, 2.75) is 51.6 Å². The molecule has 1 unspecified atom stereocenters. The molecule has 2 N–H and O–H groups in total. The van der Waals surface area contributed by atoms with Crippen LogP contribution in [-0.2, 0) is 25.8 Å². The standard InChI is InChI=1S/C17H22BrN3/c1-3-21-15(16(18)12(2)20-21)11-17(19)9-8-13-6-4-5-7-14(13)10-17/h4-7H,3,8-11,19H2,1-2H3. The van der Waals surface area contributed by atoms with Gasteiger partial charge < -0.3 is 5.73 Å². The zero-order valence-corrected chi connectivity index (χ0v) is 14.3. The highest BCUT2D eigenvalue weighted by Gasteiger charge is 2.32. The Hall–Kier alpha value is -1.13. The maximum absolute atomic E-state index is 6.75. The van der Waals surface area contributed by atoms with E-state index >= 15 is 0 Å². The van der Waals surface area contributed by atoms with Crippen molar-refractivity contribution in [3.8, 4) is 0 Å². The highest BCUT2D eigenvalue weighted by Crippen LogP contribution is 2.32. The van der Waals surface area contributed by atoms with E-state index in [0.29, 0.717) is 0 Å². The Balaban J connectivity index is 1.89. The molecule has 0 bridgehead atoms. The van der Waals surface area contributed by atoms with E-state index < -0.39 is 0 Å². The van der Waals surface area contributed by atoms with Gasteiger partial charge in [0.1, 0.15) is 0 Å². The molecule has 0 fully saturated rings. The SMILES string of the molecule is CCn1nc(C)c(Br)c1CC1(N)CCc2ccccc2C1. The van der Waals surface area contributed by atoms with Crippen molar-refractivity contribution in [2.75, 3.05) is 0 Å². The minimum atomic E-state index is -0.170. The maximum atomic E-state index is 6.75. The van der Waals surface area contributed by atoms with Gasteiger partial charge in [0.2, 0.25) is 0 Å². The van der Waals surface area contributed by atoms with E-state index in [1.165, 1.54) is 16.8 Å². The molecule has 1 aliphatic rings. The van der Waals surface area contributed by atoms with E-state index in [1.54, 1.807) is 0 Å². The second-order valence-corrected chi connectivity index (χ2v) is 6.94. The Morgan fingerprint density at radius 1 is 1.33 bits per heavy atom. The molecule has 21 heavy (non-hydrogen) atoms. The van der Waals surface area contributed by atoms with E-state index in [4.69, 9.17) is 5.73 Å². The van der Waals surface area contributed by atoms with Crippen molar-refractivity contribution in [3.05, 3.63) is 51.3 Å². The summed E-state index contributed by atoms with van der Waals surface area (Å²) in [5, 5.41) is 4.58. The van der Waals surface area contributed by atoms with Crippen molar-refractivity contribution < 1.29 is 0 Å². The summed E-state index contributed by atoms with van der Waals surface area (Å²) in [5.41, 5.74) is 11.7. The Morgan fingerprint density at radius 2 is 2.05 bits per heavy atom. The molecule has 1 aromatic carbocycles. The topological polar surface area (TPSA) is 43.8 Å². The highest BCUT2D eigenvalue weighted by atomic mass is 79.9. The number of benzene rings is 1. The lowest BCUT2D eigenvalue weighted by Gasteiger charge is -2.35. The Morgan fingerprint density at radius 3 is 2.76 bits per heavy atom. The smallest absolute Gasteiger partial charge is 0.0738 e. The van der Waals surface area contributed by atoms with Crippen molar-refractivity contribution >= 4 is 15.9 Å². The molecule has 1 aromatic heterocycles. The van der Waals surface area contributed by atoms with Gasteiger partial charge in [0, 0.05) is 18.5 Å². The highest BCUT2D eigenvalue weighted by molar-refractivity contribution is 9.10. The van der Waals surface area contributed by atoms with Gasteiger partial charge in [0.05, 0.1) is 15.9 Å². The predicted molar refractivity (Wildman–Crippen MR) is 89.4 cm³/mol. The lowest BCUT2D eigenvalue weighted by atomic mass is 9.76. The fraction of sp³-hybridized carbons (Fsp3) is 0.471. The van der Waals surface area contributed by atoms with Gasteiger partial charge in [0.15, 0.2) is 0 Å². The molecule has 0 saturated carbocycles. The summed E-state index contributed by atoms with van der Waals surface area (Å²) >= 11 is 3.69. The summed E-state index contributed by atoms with van der Waals surface area (Å²) in [7, 11) is 0. The number of nitrogens with zero attached hydrogens (tertiary/aromatic N) is 2. The van der Waals surface area contributed by atoms with E-state index in [2.05, 4.69) is 56.9 Å². The number of aromatic nitrogens is 2. The predicted octanol–water partition coefficient (Wildman–Crippen LogP) is 3.40. The van der Waals surface area contributed by atoms with Gasteiger partial charge >= 0.3 is 0 Å². The third kappa shape index (κ3) is 2.79. The third-order valence-electron chi connectivity index (χ3n) is 4.53. The fourth-order valence-corrected chi connectivity index (χ4v) is 3.77. The second kappa shape index (κ2) is 5.58. The first-order valence-corrected chi connectivity index (χ1v) is 8.39. The monoisotopic (exact) mass is 347 g/mol. The van der Waals surface area contributed by atoms with Gasteiger partial charge in [0.25, 0.3) is 0 Å². The quantitative estimate of drug-likeness (QED) is 0.924. The number of fused-ring (bicyclic) bond motifs is 1. The molecular formula is C17H22BrN3. The van der Waals surface area contributed by atoms with Crippen molar-refractivity contribution in [3.63, 3.8) is 0 Å². The Bertz CT molecular complexity index is 662. The van der Waals surface area contributed by atoms with Gasteiger partial charge in [-0.15, -0.1) is 0 Å². The van der Waals surface area contributed by atoms with Crippen LogP contribution in [0, 0.1) is 6.92 Å². The van der Waals surface area contributed by atoms with Crippen LogP contribution in [-0.4, -0.2) is 15.3 Å². The summed E-state index contributed by atoms with van der Waals surface area (Å²) in [4.78, 5) is 0. The van der Waals surface area contributed by atoms with E-state index in [9.17, 15) is 0 Å². The van der Waals surface area contributed by atoms with Crippen LogP contribution in [0.15, 0.2) is 28.7 Å². The fourth-order valence-electron chi connectivity index (χ4n) is 3.35. The van der Waals surface area contributed by atoms with Gasteiger partial charge in [-0.25, -0.2) is 0 Å². The van der Waals surface area contributed by atoms with Crippen LogP contribution in [0.25, 0.3) is 0 Å². The van der Waals surface area contributed by atoms with Gasteiger partial charge in [-0.2, -0.15) is 5.10 Å². The van der Waals surface area contributed by atoms with Gasteiger partial charge in [-0.05, 0) is 60.2 Å². The summed E-state index contributed by atoms with van der Waals surface area (Å²) in [6.07, 6.45) is 3.92. The molecule has 1 atom stereocenters. The van der Waals surface area contributed by atoms with E-state index in [0.717, 1.165) is 42.4 Å². The molecule has 3 rings (SSSR count). The van der Waals surface area contributed by atoms with Crippen LogP contribution in [0.1, 0.15) is 35.9 Å². The molecule has 3 nitrogen and oxygen atoms in total. The lowest BCUT2D eigenvalue weighted by Crippen LogP contribution is -2.47. The third-order valence-corrected chi connectivity index (χ3v) is 5.56. The second-order valence-electron chi connectivity index (χ2n) is 6.15. The molecule has 0 spiro atoms. The first kappa shape index (κ1) is 14.8.